The van der Waals surface area contributed by atoms with Gasteiger partial charge in [0.1, 0.15) is 12.0 Å². The van der Waals surface area contributed by atoms with E-state index in [1.54, 1.807) is 0 Å². The van der Waals surface area contributed by atoms with E-state index in [0.29, 0.717) is 12.0 Å². The van der Waals surface area contributed by atoms with Gasteiger partial charge in [-0.25, -0.2) is 0 Å². The van der Waals surface area contributed by atoms with E-state index in [1.165, 1.54) is 42.3 Å². The van der Waals surface area contributed by atoms with Crippen LogP contribution in [0.15, 0.2) is 36.1 Å². The number of benzene rings is 1. The molecule has 8 heteroatoms. The first-order valence-corrected chi connectivity index (χ1v) is 7.62. The molecule has 2 atom stereocenters. The second kappa shape index (κ2) is 6.06. The monoisotopic (exact) mass is 343 g/mol. The lowest BCUT2D eigenvalue weighted by Crippen LogP contribution is -2.42. The Labute approximate surface area is 143 Å². The molecule has 0 fully saturated rings. The molecule has 1 aromatic rings. The first-order chi connectivity index (χ1) is 11.8. The van der Waals surface area contributed by atoms with Crippen molar-refractivity contribution in [2.24, 2.45) is 5.73 Å². The standard InChI is InChI=1S/C17H17N3O5/c1-8(21)10-3-4-11-14(15(10)23)19-16(24)12-6-9(2-5-13(18)22)7-20(12)17(11)25/h2-5,7,12,16,19,23-24H,6H2,1H3,(H2,18,22)/t12?,16-/m0/s1. The number of allylic oxidation sites excluding steroid dienone is 1. The number of hydrogen-bond donors (Lipinski definition) is 4. The topological polar surface area (TPSA) is 133 Å². The lowest BCUT2D eigenvalue weighted by atomic mass is 10.0. The molecule has 25 heavy (non-hydrogen) atoms. The summed E-state index contributed by atoms with van der Waals surface area (Å²) in [5.74, 6) is -1.76. The lowest BCUT2D eigenvalue weighted by molar-refractivity contribution is -0.113. The molecule has 0 saturated heterocycles. The van der Waals surface area contributed by atoms with Crippen LogP contribution in [-0.2, 0) is 4.79 Å². The van der Waals surface area contributed by atoms with Crippen molar-refractivity contribution in [3.8, 4) is 5.75 Å². The summed E-state index contributed by atoms with van der Waals surface area (Å²) < 4.78 is 0. The van der Waals surface area contributed by atoms with Crippen LogP contribution in [-0.4, -0.2) is 45.0 Å². The number of aliphatic hydroxyl groups excluding tert-OH is 1. The van der Waals surface area contributed by atoms with Gasteiger partial charge in [0.25, 0.3) is 5.91 Å². The van der Waals surface area contributed by atoms with E-state index < -0.39 is 24.1 Å². The molecule has 0 aliphatic carbocycles. The van der Waals surface area contributed by atoms with Crippen molar-refractivity contribution < 1.29 is 24.6 Å². The molecule has 5 N–H and O–H groups in total. The van der Waals surface area contributed by atoms with Crippen molar-refractivity contribution in [1.82, 2.24) is 4.90 Å². The van der Waals surface area contributed by atoms with Gasteiger partial charge in [-0.2, -0.15) is 0 Å². The van der Waals surface area contributed by atoms with E-state index in [9.17, 15) is 24.6 Å². The number of phenols is 1. The molecule has 1 aromatic carbocycles. The lowest BCUT2D eigenvalue weighted by Gasteiger charge is -2.24. The first-order valence-electron chi connectivity index (χ1n) is 7.62. The average Bonchev–Trinajstić information content (AvgIpc) is 2.94. The number of primary amides is 1. The van der Waals surface area contributed by atoms with Gasteiger partial charge < -0.3 is 26.2 Å². The van der Waals surface area contributed by atoms with Crippen molar-refractivity contribution in [2.75, 3.05) is 5.32 Å². The van der Waals surface area contributed by atoms with Gasteiger partial charge in [-0.05, 0) is 31.1 Å². The molecule has 2 amide bonds. The molecular formula is C17H17N3O5. The number of aliphatic hydroxyl groups is 1. The molecule has 0 radical (unpaired) electrons. The van der Waals surface area contributed by atoms with Crippen LogP contribution >= 0.6 is 0 Å². The molecule has 2 aliphatic rings. The predicted molar refractivity (Wildman–Crippen MR) is 88.7 cm³/mol. The summed E-state index contributed by atoms with van der Waals surface area (Å²) in [4.78, 5) is 36.6. The zero-order chi connectivity index (χ0) is 18.3. The molecule has 2 aliphatic heterocycles. The number of rotatable bonds is 3. The number of nitrogens with one attached hydrogen (secondary N) is 1. The number of hydrogen-bond acceptors (Lipinski definition) is 6. The van der Waals surface area contributed by atoms with Crippen LogP contribution in [0.25, 0.3) is 0 Å². The van der Waals surface area contributed by atoms with Gasteiger partial charge in [0.2, 0.25) is 5.91 Å². The molecule has 130 valence electrons. The van der Waals surface area contributed by atoms with Crippen LogP contribution in [0.2, 0.25) is 0 Å². The van der Waals surface area contributed by atoms with E-state index in [-0.39, 0.29) is 28.3 Å². The van der Waals surface area contributed by atoms with Gasteiger partial charge in [0.05, 0.1) is 22.9 Å². The minimum absolute atomic E-state index is 0.0298. The maximum Gasteiger partial charge on any atom is 0.260 e. The quantitative estimate of drug-likeness (QED) is 0.358. The number of nitrogens with two attached hydrogens (primary N) is 1. The van der Waals surface area contributed by atoms with E-state index in [4.69, 9.17) is 5.73 Å². The highest BCUT2D eigenvalue weighted by atomic mass is 16.3. The largest absolute Gasteiger partial charge is 0.505 e. The zero-order valence-electron chi connectivity index (χ0n) is 13.4. The van der Waals surface area contributed by atoms with Crippen molar-refractivity contribution in [3.63, 3.8) is 0 Å². The Kier molecular flexibility index (Phi) is 4.05. The van der Waals surface area contributed by atoms with Gasteiger partial charge >= 0.3 is 0 Å². The highest BCUT2D eigenvalue weighted by Gasteiger charge is 2.39. The normalized spacial score (nSPS) is 22.1. The van der Waals surface area contributed by atoms with E-state index in [2.05, 4.69) is 5.32 Å². The Morgan fingerprint density at radius 3 is 2.76 bits per heavy atom. The summed E-state index contributed by atoms with van der Waals surface area (Å²) in [6, 6.07) is 2.19. The fraction of sp³-hybridized carbons (Fsp3) is 0.235. The predicted octanol–water partition coefficient (Wildman–Crippen LogP) is 0.479. The second-order valence-corrected chi connectivity index (χ2v) is 5.95. The van der Waals surface area contributed by atoms with Crippen molar-refractivity contribution in [2.45, 2.75) is 25.6 Å². The Morgan fingerprint density at radius 2 is 2.12 bits per heavy atom. The summed E-state index contributed by atoms with van der Waals surface area (Å²) in [6.07, 6.45) is 3.34. The smallest absolute Gasteiger partial charge is 0.260 e. The second-order valence-electron chi connectivity index (χ2n) is 5.95. The Morgan fingerprint density at radius 1 is 1.40 bits per heavy atom. The maximum absolute atomic E-state index is 12.8. The number of carbonyl (C=O) groups excluding carboxylic acids is 3. The number of carbonyl (C=O) groups is 3. The van der Waals surface area contributed by atoms with Crippen LogP contribution in [0.4, 0.5) is 5.69 Å². The Balaban J connectivity index is 2.03. The molecule has 8 nitrogen and oxygen atoms in total. The zero-order valence-corrected chi connectivity index (χ0v) is 13.4. The number of ketones is 1. The van der Waals surface area contributed by atoms with Crippen LogP contribution in [0, 0.1) is 0 Å². The first kappa shape index (κ1) is 16.7. The molecule has 3 rings (SSSR count). The number of aromatic hydroxyl groups is 1. The van der Waals surface area contributed by atoms with Crippen LogP contribution < -0.4 is 11.1 Å². The molecule has 2 heterocycles. The molecular weight excluding hydrogens is 326 g/mol. The van der Waals surface area contributed by atoms with Gasteiger partial charge in [0, 0.05) is 12.3 Å². The van der Waals surface area contributed by atoms with Gasteiger partial charge in [0.15, 0.2) is 5.78 Å². The van der Waals surface area contributed by atoms with Crippen LogP contribution in [0.3, 0.4) is 0 Å². The van der Waals surface area contributed by atoms with Crippen molar-refractivity contribution in [1.29, 1.82) is 0 Å². The minimum atomic E-state index is -1.17. The number of phenolic OH excluding ortho intramolecular Hbond substituents is 1. The van der Waals surface area contributed by atoms with Gasteiger partial charge in [-0.3, -0.25) is 14.4 Å². The summed E-state index contributed by atoms with van der Waals surface area (Å²) in [5, 5.41) is 23.4. The third-order valence-corrected chi connectivity index (χ3v) is 4.25. The minimum Gasteiger partial charge on any atom is -0.505 e. The van der Waals surface area contributed by atoms with E-state index >= 15 is 0 Å². The number of fused-ring (bicyclic) bond motifs is 2. The SMILES string of the molecule is CC(=O)c1ccc2c(c1O)N[C@@H](O)C1CC(C=CC(N)=O)=CN1C2=O. The summed E-state index contributed by atoms with van der Waals surface area (Å²) in [7, 11) is 0. The highest BCUT2D eigenvalue weighted by molar-refractivity contribution is 6.06. The number of nitrogens with zero attached hydrogens (tertiary/aromatic N) is 1. The molecule has 0 saturated carbocycles. The number of amides is 2. The summed E-state index contributed by atoms with van der Waals surface area (Å²) in [5.41, 5.74) is 5.96. The molecule has 1 unspecified atom stereocenters. The average molecular weight is 343 g/mol. The third-order valence-electron chi connectivity index (χ3n) is 4.25. The molecule has 0 aromatic heterocycles. The highest BCUT2D eigenvalue weighted by Crippen LogP contribution is 2.38. The van der Waals surface area contributed by atoms with Gasteiger partial charge in [-0.1, -0.05) is 6.08 Å². The summed E-state index contributed by atoms with van der Waals surface area (Å²) in [6.45, 7) is 1.30. The van der Waals surface area contributed by atoms with E-state index in [0.717, 1.165) is 0 Å². The third kappa shape index (κ3) is 2.87. The van der Waals surface area contributed by atoms with E-state index in [1.807, 2.05) is 0 Å². The number of anilines is 1. The van der Waals surface area contributed by atoms with Crippen LogP contribution in [0.1, 0.15) is 34.1 Å². The Hall–Kier alpha value is -3.13. The van der Waals surface area contributed by atoms with Crippen molar-refractivity contribution >= 4 is 23.3 Å². The van der Waals surface area contributed by atoms with Crippen molar-refractivity contribution in [3.05, 3.63) is 47.2 Å². The fourth-order valence-corrected chi connectivity index (χ4v) is 3.02. The van der Waals surface area contributed by atoms with Crippen LogP contribution in [0.5, 0.6) is 5.75 Å². The Bertz CT molecular complexity index is 843. The number of Topliss-reactive ketones (excluding diaryl/α,β-unsaturated/α-hetero) is 1. The molecule has 0 bridgehead atoms. The molecule has 0 spiro atoms. The summed E-state index contributed by atoms with van der Waals surface area (Å²) >= 11 is 0. The fourth-order valence-electron chi connectivity index (χ4n) is 3.02. The maximum atomic E-state index is 12.8. The van der Waals surface area contributed by atoms with Gasteiger partial charge in [-0.15, -0.1) is 0 Å².